The van der Waals surface area contributed by atoms with Crippen LogP contribution in [0.4, 0.5) is 40.3 Å². The Morgan fingerprint density at radius 1 is 0.852 bits per heavy atom. The highest BCUT2D eigenvalue weighted by Crippen LogP contribution is 2.55. The summed E-state index contributed by atoms with van der Waals surface area (Å²) in [6.07, 6.45) is 0. The Labute approximate surface area is 329 Å². The predicted octanol–water partition coefficient (Wildman–Crippen LogP) is 7.77. The minimum absolute atomic E-state index is 0.155. The second-order valence-corrected chi connectivity index (χ2v) is 17.4. The molecule has 0 fully saturated rings. The fraction of sp³-hybridized carbons (Fsp3) is 0.103. The van der Waals surface area contributed by atoms with Gasteiger partial charge in [-0.2, -0.15) is 31.8 Å². The third-order valence-corrected chi connectivity index (χ3v) is 12.1. The largest absolute Gasteiger partial charge is 0.505 e. The smallest absolute Gasteiger partial charge is 0.296 e. The highest BCUT2D eigenvalue weighted by atomic mass is 79.9. The van der Waals surface area contributed by atoms with Crippen LogP contribution in [0, 0.1) is 6.92 Å². The van der Waals surface area contributed by atoms with Crippen LogP contribution in [0.1, 0.15) is 5.56 Å². The van der Waals surface area contributed by atoms with Gasteiger partial charge >= 0.3 is 0 Å². The summed E-state index contributed by atoms with van der Waals surface area (Å²) in [5.74, 6) is -1.79. The van der Waals surface area contributed by atoms with Gasteiger partial charge in [0.25, 0.3) is 20.2 Å². The van der Waals surface area contributed by atoms with Crippen LogP contribution in [0.25, 0.3) is 10.8 Å². The molecular formula is C29H25Br2ClN8O11S3. The first-order chi connectivity index (χ1) is 25.1. The van der Waals surface area contributed by atoms with E-state index in [1.165, 1.54) is 13.0 Å². The molecule has 4 aromatic carbocycles. The van der Waals surface area contributed by atoms with Gasteiger partial charge in [-0.3, -0.25) is 13.9 Å². The number of carbonyl (C=O) groups is 1. The zero-order valence-corrected chi connectivity index (χ0v) is 33.3. The summed E-state index contributed by atoms with van der Waals surface area (Å²) < 4.78 is 99.1. The second kappa shape index (κ2) is 16.0. The predicted molar refractivity (Wildman–Crippen MR) is 207 cm³/mol. The van der Waals surface area contributed by atoms with E-state index in [-0.39, 0.29) is 39.5 Å². The van der Waals surface area contributed by atoms with Crippen molar-refractivity contribution < 1.29 is 49.5 Å². The highest BCUT2D eigenvalue weighted by Gasteiger charge is 2.28. The van der Waals surface area contributed by atoms with Gasteiger partial charge < -0.3 is 34.7 Å². The number of halogens is 3. The van der Waals surface area contributed by atoms with Gasteiger partial charge in [-0.05, 0) is 78.0 Å². The Bertz CT molecular complexity index is 2560. The molecule has 0 saturated carbocycles. The maximum atomic E-state index is 12.3. The van der Waals surface area contributed by atoms with Crippen molar-refractivity contribution in [1.29, 1.82) is 0 Å². The molecule has 0 bridgehead atoms. The van der Waals surface area contributed by atoms with Crippen LogP contribution in [0.3, 0.4) is 0 Å². The van der Waals surface area contributed by atoms with E-state index in [4.69, 9.17) is 11.6 Å². The molecule has 54 heavy (non-hydrogen) atoms. The van der Waals surface area contributed by atoms with Gasteiger partial charge in [-0.25, -0.2) is 0 Å². The van der Waals surface area contributed by atoms with Crippen molar-refractivity contribution in [3.05, 3.63) is 71.5 Å². The number of phenolic OH excluding ortho intramolecular Hbond substituents is 1. The number of anilines is 5. The van der Waals surface area contributed by atoms with Gasteiger partial charge in [0.1, 0.15) is 32.0 Å². The van der Waals surface area contributed by atoms with Gasteiger partial charge in [0.15, 0.2) is 5.75 Å². The molecule has 0 aliphatic rings. The number of azo groups is 1. The van der Waals surface area contributed by atoms with Crippen LogP contribution in [-0.4, -0.2) is 75.7 Å². The molecule has 0 radical (unpaired) electrons. The first-order valence-corrected chi connectivity index (χ1v) is 21.3. The number of aromatic nitrogens is 3. The molecule has 9 N–H and O–H groups in total. The first kappa shape index (κ1) is 41.1. The monoisotopic (exact) mass is 950 g/mol. The normalized spacial score (nSPS) is 13.2. The van der Waals surface area contributed by atoms with Gasteiger partial charge in [0.05, 0.1) is 15.5 Å². The molecule has 1 amide bonds. The lowest BCUT2D eigenvalue weighted by molar-refractivity contribution is -0.115. The van der Waals surface area contributed by atoms with Crippen LogP contribution in [0.2, 0.25) is 5.28 Å². The van der Waals surface area contributed by atoms with Gasteiger partial charge in [0.2, 0.25) is 23.1 Å². The van der Waals surface area contributed by atoms with Gasteiger partial charge in [0, 0.05) is 22.1 Å². The Morgan fingerprint density at radius 3 is 2.15 bits per heavy atom. The van der Waals surface area contributed by atoms with E-state index in [9.17, 15) is 49.5 Å². The van der Waals surface area contributed by atoms with Crippen molar-refractivity contribution in [2.75, 3.05) is 21.3 Å². The third-order valence-electron chi connectivity index (χ3n) is 7.03. The average molecular weight is 953 g/mol. The summed E-state index contributed by atoms with van der Waals surface area (Å²) in [5, 5.41) is 26.7. The number of aryl methyl sites for hydroxylation is 1. The number of hydrogen-bond donors (Lipinski definition) is 9. The molecule has 0 aliphatic heterocycles. The Balaban J connectivity index is 1.63. The summed E-state index contributed by atoms with van der Waals surface area (Å²) in [5.41, 5.74) is -0.390. The topological polar surface area (TPSA) is 306 Å². The lowest BCUT2D eigenvalue weighted by Crippen LogP contribution is -2.23. The fourth-order valence-electron chi connectivity index (χ4n) is 4.70. The van der Waals surface area contributed by atoms with Crippen LogP contribution in [0.15, 0.2) is 85.6 Å². The zero-order valence-electron chi connectivity index (χ0n) is 26.9. The maximum absolute atomic E-state index is 12.3. The Kier molecular flexibility index (Phi) is 12.1. The van der Waals surface area contributed by atoms with Crippen LogP contribution >= 0.6 is 54.3 Å². The number of nitrogens with one attached hydrogen (secondary N) is 3. The summed E-state index contributed by atoms with van der Waals surface area (Å²) in [6.45, 7) is 1.53. The summed E-state index contributed by atoms with van der Waals surface area (Å²) >= 11 is 12.6. The Hall–Kier alpha value is -4.08. The lowest BCUT2D eigenvalue weighted by Gasteiger charge is -2.23. The molecular weight excluding hydrogens is 928 g/mol. The van der Waals surface area contributed by atoms with Crippen LogP contribution < -0.4 is 16.0 Å². The summed E-state index contributed by atoms with van der Waals surface area (Å²) in [4.78, 5) is 21.7. The van der Waals surface area contributed by atoms with E-state index in [0.29, 0.717) is 22.3 Å². The molecule has 1 heterocycles. The first-order valence-electron chi connectivity index (χ1n) is 14.5. The standard InChI is InChI=1S/C29H25Br2ClN8O11S3/c1-13-5-6-19(21(7-13)53(46,47)48)39-40-24-22(54(49,50)51)9-14-8-17(52(43,44)45)11-20(23(14)25(24)41)35-29-37-27(32)36-28(38-29)34-16-4-2-3-15(10-16)33-26(42)18(31)12-30/h2-11,18,41,49-51H,12H2,1H3,(H,33,42)(H,43,44,45)(H,46,47,48)(H2,34,35,36,37,38). The SMILES string of the molecule is Cc1ccc(N=Nc2c(S(O)(O)O)cc3cc(S(=O)(=O)O)cc(Nc4nc(Cl)nc(Nc5cccc(NC(=O)C(Br)CBr)c5)n4)c3c2O)c(S(=O)(=O)O)c1. The van der Waals surface area contributed by atoms with E-state index in [0.717, 1.165) is 30.3 Å². The van der Waals surface area contributed by atoms with E-state index in [2.05, 4.69) is 73.0 Å². The van der Waals surface area contributed by atoms with Crippen molar-refractivity contribution in [2.24, 2.45) is 10.2 Å². The number of fused-ring (bicyclic) bond motifs is 1. The number of rotatable bonds is 12. The number of nitrogens with zero attached hydrogens (tertiary/aromatic N) is 5. The van der Waals surface area contributed by atoms with Crippen LogP contribution in [0.5, 0.6) is 5.75 Å². The average Bonchev–Trinajstić information content (AvgIpc) is 3.06. The minimum Gasteiger partial charge on any atom is -0.505 e. The fourth-order valence-corrected chi connectivity index (χ4v) is 7.21. The molecule has 5 rings (SSSR count). The van der Waals surface area contributed by atoms with Crippen molar-refractivity contribution in [1.82, 2.24) is 15.0 Å². The molecule has 1 aromatic heterocycles. The molecule has 25 heteroatoms. The summed E-state index contributed by atoms with van der Waals surface area (Å²) in [7, 11) is -14.6. The van der Waals surface area contributed by atoms with E-state index >= 15 is 0 Å². The van der Waals surface area contributed by atoms with Crippen molar-refractivity contribution in [3.63, 3.8) is 0 Å². The van der Waals surface area contributed by atoms with Gasteiger partial charge in [-0.1, -0.05) is 44.0 Å². The Morgan fingerprint density at radius 2 is 1.52 bits per heavy atom. The minimum atomic E-state index is -4.98. The highest BCUT2D eigenvalue weighted by molar-refractivity contribution is 9.12. The molecule has 0 aliphatic carbocycles. The molecule has 1 unspecified atom stereocenters. The molecule has 5 aromatic rings. The van der Waals surface area contributed by atoms with Crippen molar-refractivity contribution in [3.8, 4) is 5.75 Å². The molecule has 0 saturated heterocycles. The zero-order chi connectivity index (χ0) is 39.7. The van der Waals surface area contributed by atoms with Crippen LogP contribution in [-0.2, 0) is 25.0 Å². The second-order valence-electron chi connectivity index (χ2n) is 11.0. The third kappa shape index (κ3) is 9.77. The molecule has 286 valence electrons. The quantitative estimate of drug-likeness (QED) is 0.0328. The number of benzene rings is 4. The lowest BCUT2D eigenvalue weighted by atomic mass is 10.1. The number of alkyl halides is 2. The molecule has 19 nitrogen and oxygen atoms in total. The van der Waals surface area contributed by atoms with E-state index < -0.39 is 67.7 Å². The summed E-state index contributed by atoms with van der Waals surface area (Å²) in [6, 6.07) is 12.6. The number of phenols is 1. The maximum Gasteiger partial charge on any atom is 0.296 e. The van der Waals surface area contributed by atoms with Crippen molar-refractivity contribution >= 4 is 132 Å². The number of hydrogen-bond acceptors (Lipinski definition) is 16. The van der Waals surface area contributed by atoms with Gasteiger partial charge in [-0.15, -0.1) is 10.2 Å². The van der Waals surface area contributed by atoms with E-state index in [1.54, 1.807) is 24.3 Å². The number of amides is 1. The number of aromatic hydroxyl groups is 1. The van der Waals surface area contributed by atoms with E-state index in [1.807, 2.05) is 0 Å². The number of carbonyl (C=O) groups excluding carboxylic acids is 1. The molecule has 0 spiro atoms. The van der Waals surface area contributed by atoms with Crippen molar-refractivity contribution in [2.45, 2.75) is 26.4 Å². The molecule has 1 atom stereocenters.